The van der Waals surface area contributed by atoms with Crippen molar-refractivity contribution in [2.45, 2.75) is 0 Å². The molecule has 4 radical (unpaired) electrons. The summed E-state index contributed by atoms with van der Waals surface area (Å²) in [6, 6.07) is 0. The van der Waals surface area contributed by atoms with E-state index in [4.69, 9.17) is 0 Å². The summed E-state index contributed by atoms with van der Waals surface area (Å²) in [4.78, 5) is 0. The maximum Gasteiger partial charge on any atom is 0 e. The Bertz CT molecular complexity index is 8.00. The average Bonchev–Trinajstić information content (AvgIpc) is 0. The van der Waals surface area contributed by atoms with Crippen molar-refractivity contribution in [3.05, 3.63) is 0 Å². The summed E-state index contributed by atoms with van der Waals surface area (Å²) < 4.78 is 0. The predicted molar refractivity (Wildman–Crippen MR) is 19.7 cm³/mol. The van der Waals surface area contributed by atoms with Crippen LogP contribution in [0.2, 0.25) is 0 Å². The fourth-order valence-electron chi connectivity index (χ4n) is 0. The summed E-state index contributed by atoms with van der Waals surface area (Å²) in [7, 11) is 0. The van der Waals surface area contributed by atoms with Crippen LogP contribution in [0, 0.1) is 0 Å². The van der Waals surface area contributed by atoms with Gasteiger partial charge in [-0.25, -0.2) is 0 Å². The second-order valence-corrected chi connectivity index (χ2v) is 0. The van der Waals surface area contributed by atoms with Crippen LogP contribution in [0.5, 0.6) is 0 Å². The summed E-state index contributed by atoms with van der Waals surface area (Å²) >= 11 is 0. The molecule has 0 amide bonds. The normalized spacial score (nSPS) is 0. The van der Waals surface area contributed by atoms with Crippen LogP contribution in [0.25, 0.3) is 0 Å². The molecular weight excluding hydrogens is 321 g/mol. The molecule has 22 valence electrons. The van der Waals surface area contributed by atoms with Crippen molar-refractivity contribution in [3.8, 4) is 0 Å². The smallest absolute Gasteiger partial charge is 0 e. The summed E-state index contributed by atoms with van der Waals surface area (Å²) in [6.45, 7) is 0. The van der Waals surface area contributed by atoms with Gasteiger partial charge in [0.2, 0.25) is 0 Å². The van der Waals surface area contributed by atoms with E-state index < -0.39 is 0 Å². The molecule has 0 bridgehead atoms. The first-order valence-electron chi connectivity index (χ1n) is 0. The van der Waals surface area contributed by atoms with Gasteiger partial charge >= 0.3 is 0 Å². The molecule has 0 saturated heterocycles. The molecule has 0 heterocycles. The van der Waals surface area contributed by atoms with Crippen molar-refractivity contribution < 1.29 is 25.0 Å². The van der Waals surface area contributed by atoms with Crippen molar-refractivity contribution in [2.24, 2.45) is 0 Å². The molecule has 0 saturated carbocycles. The number of rotatable bonds is 0. The first-order chi connectivity index (χ1) is 0. The van der Waals surface area contributed by atoms with Crippen LogP contribution >= 0.6 is 13.5 Å². The third kappa shape index (κ3) is 9.13. The first-order valence-corrected chi connectivity index (χ1v) is 0. The largest absolute Gasteiger partial charge is 0.412 e. The third-order valence-electron chi connectivity index (χ3n) is 0. The van der Waals surface area contributed by atoms with E-state index >= 15 is 0 Å². The van der Waals surface area contributed by atoms with E-state index in [-0.39, 0.29) is 65.7 Å². The van der Waals surface area contributed by atoms with E-state index in [0.717, 1.165) is 0 Å². The minimum absolute atomic E-state index is 0. The first kappa shape index (κ1) is 40.1. The Balaban J connectivity index is 0. The Morgan fingerprint density at radius 2 is 1.00 bits per heavy atom. The van der Waals surface area contributed by atoms with Crippen LogP contribution in [-0.4, -0.2) is 32.8 Å². The van der Waals surface area contributed by atoms with Gasteiger partial charge in [0.1, 0.15) is 0 Å². The fourth-order valence-corrected chi connectivity index (χ4v) is 0. The van der Waals surface area contributed by atoms with Gasteiger partial charge in [-0.3, -0.25) is 0 Å². The van der Waals surface area contributed by atoms with Gasteiger partial charge in [-0.15, -0.1) is 0 Å². The Morgan fingerprint density at radius 3 is 1.00 bits per heavy atom. The molecule has 0 atom stereocenters. The van der Waals surface area contributed by atoms with Gasteiger partial charge in [-0.1, -0.05) is 0 Å². The standard InChI is InChI=1S/H2O.Pb.H2S.Zn/h1H2;;1H2;. The van der Waals surface area contributed by atoms with Crippen LogP contribution in [0.4, 0.5) is 0 Å². The van der Waals surface area contributed by atoms with Crippen LogP contribution in [0.1, 0.15) is 0 Å². The molecule has 0 aromatic rings. The Labute approximate surface area is 65.2 Å². The van der Waals surface area contributed by atoms with Crippen LogP contribution in [0.15, 0.2) is 0 Å². The zero-order valence-electron chi connectivity index (χ0n) is 2.21. The maximum absolute atomic E-state index is 0. The minimum Gasteiger partial charge on any atom is -0.412 e. The molecule has 1 nitrogen and oxygen atoms in total. The zero-order chi connectivity index (χ0) is 0. The SMILES string of the molecule is O.S.[Pb].[Zn]. The Hall–Kier alpha value is 1.86. The van der Waals surface area contributed by atoms with Gasteiger partial charge in [0.25, 0.3) is 0 Å². The van der Waals surface area contributed by atoms with E-state index in [1.807, 2.05) is 0 Å². The monoisotopic (exact) mass is 324 g/mol. The molecule has 0 unspecified atom stereocenters. The molecule has 0 rings (SSSR count). The van der Waals surface area contributed by atoms with Gasteiger partial charge in [0, 0.05) is 46.8 Å². The topological polar surface area (TPSA) is 31.5 Å². The summed E-state index contributed by atoms with van der Waals surface area (Å²) in [6.07, 6.45) is 0. The van der Waals surface area contributed by atoms with E-state index in [0.29, 0.717) is 0 Å². The molecule has 2 N–H and O–H groups in total. The molecule has 0 fully saturated rings. The molecule has 0 spiro atoms. The van der Waals surface area contributed by atoms with Crippen molar-refractivity contribution >= 4 is 40.8 Å². The summed E-state index contributed by atoms with van der Waals surface area (Å²) in [5.41, 5.74) is 0. The fraction of sp³-hybridized carbons (Fsp3) is 0. The van der Waals surface area contributed by atoms with Crippen molar-refractivity contribution in [1.29, 1.82) is 0 Å². The number of hydrogen-bond acceptors (Lipinski definition) is 0. The van der Waals surface area contributed by atoms with Crippen LogP contribution < -0.4 is 0 Å². The molecule has 0 aromatic heterocycles. The quantitative estimate of drug-likeness (QED) is 0.507. The second kappa shape index (κ2) is 21.0. The molecule has 4 heavy (non-hydrogen) atoms. The van der Waals surface area contributed by atoms with E-state index in [1.54, 1.807) is 0 Å². The van der Waals surface area contributed by atoms with Gasteiger partial charge in [0.05, 0.1) is 0 Å². The third-order valence-corrected chi connectivity index (χ3v) is 0. The van der Waals surface area contributed by atoms with E-state index in [1.165, 1.54) is 0 Å². The van der Waals surface area contributed by atoms with Gasteiger partial charge in [-0.05, 0) is 0 Å². The zero-order valence-corrected chi connectivity index (χ0v) is 10.1. The number of hydrogen-bond donors (Lipinski definition) is 0. The van der Waals surface area contributed by atoms with Gasteiger partial charge in [0.15, 0.2) is 0 Å². The molecule has 0 aromatic carbocycles. The molecule has 4 heteroatoms. The van der Waals surface area contributed by atoms with Crippen molar-refractivity contribution in [3.63, 3.8) is 0 Å². The minimum atomic E-state index is 0. The van der Waals surface area contributed by atoms with Crippen molar-refractivity contribution in [1.82, 2.24) is 0 Å². The van der Waals surface area contributed by atoms with Crippen LogP contribution in [-0.2, 0) is 19.5 Å². The average molecular weight is 325 g/mol. The van der Waals surface area contributed by atoms with E-state index in [2.05, 4.69) is 0 Å². The van der Waals surface area contributed by atoms with E-state index in [9.17, 15) is 0 Å². The predicted octanol–water partition coefficient (Wildman–Crippen LogP) is -1.10. The molecule has 0 aliphatic heterocycles. The van der Waals surface area contributed by atoms with Gasteiger partial charge < -0.3 is 5.48 Å². The summed E-state index contributed by atoms with van der Waals surface area (Å²) in [5.74, 6) is 0. The molecule has 0 aliphatic rings. The van der Waals surface area contributed by atoms with Crippen LogP contribution in [0.3, 0.4) is 0 Å². The molecule has 0 aliphatic carbocycles. The van der Waals surface area contributed by atoms with Gasteiger partial charge in [-0.2, -0.15) is 13.5 Å². The summed E-state index contributed by atoms with van der Waals surface area (Å²) in [5, 5.41) is 0. The Kier molecular flexibility index (Phi) is 210. The maximum atomic E-state index is 0. The molecular formula is H4OPbSZn. The van der Waals surface area contributed by atoms with Crippen molar-refractivity contribution in [2.75, 3.05) is 0 Å². The second-order valence-electron chi connectivity index (χ2n) is 0. The Morgan fingerprint density at radius 1 is 1.00 bits per heavy atom.